The number of ether oxygens (including phenoxy) is 3. The summed E-state index contributed by atoms with van der Waals surface area (Å²) in [5.74, 6) is 0.955. The van der Waals surface area contributed by atoms with E-state index in [0.717, 1.165) is 11.8 Å². The molecule has 0 bridgehead atoms. The average Bonchev–Trinajstić information content (AvgIpc) is 2.60. The van der Waals surface area contributed by atoms with Crippen LogP contribution in [0.4, 0.5) is 0 Å². The fraction of sp³-hybridized carbons (Fsp3) is 0.381. The van der Waals surface area contributed by atoms with Crippen molar-refractivity contribution in [3.05, 3.63) is 58.0 Å². The summed E-state index contributed by atoms with van der Waals surface area (Å²) in [6.07, 6.45) is 4.97. The third-order valence-corrected chi connectivity index (χ3v) is 3.93. The standard InChI is InChI=1S/C21H26O5/c1-14(2)12-17(23-4)13-15(3)10-11-25-18-8-6-16-7-9-19(22)26-20(16)21(18)24-5/h6-10,12,17H,11,13H2,1-5H3/b15-10+. The molecule has 0 aliphatic rings. The van der Waals surface area contributed by atoms with Crippen LogP contribution in [0.5, 0.6) is 11.5 Å². The Bertz CT molecular complexity index is 856. The molecule has 1 atom stereocenters. The minimum Gasteiger partial charge on any atom is -0.490 e. The lowest BCUT2D eigenvalue weighted by atomic mass is 10.1. The highest BCUT2D eigenvalue weighted by molar-refractivity contribution is 5.85. The van der Waals surface area contributed by atoms with Crippen molar-refractivity contribution in [2.45, 2.75) is 33.3 Å². The third kappa shape index (κ3) is 5.23. The van der Waals surface area contributed by atoms with Crippen molar-refractivity contribution in [1.29, 1.82) is 0 Å². The number of allylic oxidation sites excluding steroid dienone is 1. The van der Waals surface area contributed by atoms with Crippen LogP contribution in [0.25, 0.3) is 11.0 Å². The van der Waals surface area contributed by atoms with Crippen molar-refractivity contribution < 1.29 is 18.6 Å². The molecule has 5 heteroatoms. The first-order chi connectivity index (χ1) is 12.4. The first-order valence-corrected chi connectivity index (χ1v) is 8.51. The maximum atomic E-state index is 11.5. The summed E-state index contributed by atoms with van der Waals surface area (Å²) in [6, 6.07) is 6.73. The van der Waals surface area contributed by atoms with Crippen LogP contribution >= 0.6 is 0 Å². The summed E-state index contributed by atoms with van der Waals surface area (Å²) in [4.78, 5) is 11.5. The van der Waals surface area contributed by atoms with E-state index in [1.807, 2.05) is 25.1 Å². The number of rotatable bonds is 8. The normalized spacial score (nSPS) is 12.7. The quantitative estimate of drug-likeness (QED) is 0.514. The predicted octanol–water partition coefficient (Wildman–Crippen LogP) is 4.50. The molecule has 1 aromatic heterocycles. The molecule has 140 valence electrons. The molecule has 1 unspecified atom stereocenters. The van der Waals surface area contributed by atoms with Crippen molar-refractivity contribution in [1.82, 2.24) is 0 Å². The van der Waals surface area contributed by atoms with Crippen molar-refractivity contribution in [2.24, 2.45) is 0 Å². The predicted molar refractivity (Wildman–Crippen MR) is 103 cm³/mol. The number of fused-ring (bicyclic) bond motifs is 1. The van der Waals surface area contributed by atoms with Gasteiger partial charge in [-0.15, -0.1) is 0 Å². The molecule has 0 fully saturated rings. The highest BCUT2D eigenvalue weighted by Crippen LogP contribution is 2.34. The van der Waals surface area contributed by atoms with E-state index in [-0.39, 0.29) is 6.10 Å². The fourth-order valence-corrected chi connectivity index (χ4v) is 2.65. The monoisotopic (exact) mass is 358 g/mol. The van der Waals surface area contributed by atoms with Gasteiger partial charge in [-0.1, -0.05) is 17.2 Å². The minimum absolute atomic E-state index is 0.0562. The molecule has 0 radical (unpaired) electrons. The zero-order chi connectivity index (χ0) is 19.1. The van der Waals surface area contributed by atoms with Crippen molar-refractivity contribution >= 4 is 11.0 Å². The molecular weight excluding hydrogens is 332 g/mol. The Morgan fingerprint density at radius 2 is 1.88 bits per heavy atom. The molecule has 0 saturated heterocycles. The first kappa shape index (κ1) is 19.8. The van der Waals surface area contributed by atoms with Crippen molar-refractivity contribution in [3.8, 4) is 11.5 Å². The van der Waals surface area contributed by atoms with Gasteiger partial charge >= 0.3 is 5.63 Å². The topological polar surface area (TPSA) is 57.9 Å². The summed E-state index contributed by atoms with van der Waals surface area (Å²) in [6.45, 7) is 6.54. The lowest BCUT2D eigenvalue weighted by Gasteiger charge is -2.13. The average molecular weight is 358 g/mol. The molecule has 0 amide bonds. The fourth-order valence-electron chi connectivity index (χ4n) is 2.65. The van der Waals surface area contributed by atoms with E-state index in [4.69, 9.17) is 18.6 Å². The van der Waals surface area contributed by atoms with E-state index in [1.54, 1.807) is 13.2 Å². The van der Waals surface area contributed by atoms with Gasteiger partial charge in [-0.25, -0.2) is 4.79 Å². The van der Waals surface area contributed by atoms with Crippen LogP contribution in [0.2, 0.25) is 0 Å². The summed E-state index contributed by atoms with van der Waals surface area (Å²) in [5.41, 5.74) is 2.36. The Kier molecular flexibility index (Phi) is 7.04. The van der Waals surface area contributed by atoms with Crippen LogP contribution < -0.4 is 15.1 Å². The summed E-state index contributed by atoms with van der Waals surface area (Å²) in [7, 11) is 3.24. The highest BCUT2D eigenvalue weighted by Gasteiger charge is 2.12. The Balaban J connectivity index is 2.11. The van der Waals surface area contributed by atoms with Gasteiger partial charge in [-0.2, -0.15) is 0 Å². The van der Waals surface area contributed by atoms with Crippen LogP contribution in [-0.4, -0.2) is 26.9 Å². The number of methoxy groups -OCH3 is 2. The Hall–Kier alpha value is -2.53. The zero-order valence-electron chi connectivity index (χ0n) is 16.0. The Morgan fingerprint density at radius 1 is 1.15 bits per heavy atom. The van der Waals surface area contributed by atoms with E-state index in [2.05, 4.69) is 19.9 Å². The molecule has 1 aromatic carbocycles. The minimum atomic E-state index is -0.423. The van der Waals surface area contributed by atoms with E-state index < -0.39 is 5.63 Å². The first-order valence-electron chi connectivity index (χ1n) is 8.51. The largest absolute Gasteiger partial charge is 0.490 e. The second kappa shape index (κ2) is 9.25. The molecular formula is C21H26O5. The summed E-state index contributed by atoms with van der Waals surface area (Å²) in [5, 5.41) is 0.783. The van der Waals surface area contributed by atoms with Gasteiger partial charge < -0.3 is 18.6 Å². The van der Waals surface area contributed by atoms with E-state index in [9.17, 15) is 4.79 Å². The van der Waals surface area contributed by atoms with Crippen molar-refractivity contribution in [2.75, 3.05) is 20.8 Å². The summed E-state index contributed by atoms with van der Waals surface area (Å²) < 4.78 is 21.9. The van der Waals surface area contributed by atoms with Crippen LogP contribution in [0.15, 0.2) is 56.8 Å². The van der Waals surface area contributed by atoms with Gasteiger partial charge in [0, 0.05) is 18.6 Å². The second-order valence-electron chi connectivity index (χ2n) is 6.35. The van der Waals surface area contributed by atoms with Gasteiger partial charge in [0.15, 0.2) is 11.3 Å². The third-order valence-electron chi connectivity index (χ3n) is 3.93. The van der Waals surface area contributed by atoms with Crippen LogP contribution in [0.3, 0.4) is 0 Å². The molecule has 2 aromatic rings. The number of hydrogen-bond donors (Lipinski definition) is 0. The molecule has 5 nitrogen and oxygen atoms in total. The zero-order valence-corrected chi connectivity index (χ0v) is 16.0. The van der Waals surface area contributed by atoms with Crippen molar-refractivity contribution in [3.63, 3.8) is 0 Å². The second-order valence-corrected chi connectivity index (χ2v) is 6.35. The van der Waals surface area contributed by atoms with Crippen LogP contribution in [0.1, 0.15) is 27.2 Å². The Labute approximate surface area is 153 Å². The van der Waals surface area contributed by atoms with Gasteiger partial charge in [-0.05, 0) is 51.5 Å². The van der Waals surface area contributed by atoms with E-state index in [0.29, 0.717) is 23.7 Å². The van der Waals surface area contributed by atoms with E-state index >= 15 is 0 Å². The highest BCUT2D eigenvalue weighted by atomic mass is 16.5. The van der Waals surface area contributed by atoms with Crippen LogP contribution in [0, 0.1) is 0 Å². The molecule has 0 spiro atoms. The van der Waals surface area contributed by atoms with E-state index in [1.165, 1.54) is 24.3 Å². The molecule has 0 aliphatic carbocycles. The van der Waals surface area contributed by atoms with Gasteiger partial charge in [-0.3, -0.25) is 0 Å². The number of hydrogen-bond acceptors (Lipinski definition) is 5. The summed E-state index contributed by atoms with van der Waals surface area (Å²) >= 11 is 0. The molecule has 2 rings (SSSR count). The molecule has 0 N–H and O–H groups in total. The van der Waals surface area contributed by atoms with Crippen LogP contribution in [-0.2, 0) is 4.74 Å². The number of benzene rings is 1. The lowest BCUT2D eigenvalue weighted by Crippen LogP contribution is -2.08. The Morgan fingerprint density at radius 3 is 2.54 bits per heavy atom. The SMILES string of the molecule is COc1c(OC/C=C(\C)CC(C=C(C)C)OC)ccc2ccc(=O)oc12. The molecule has 0 aliphatic heterocycles. The van der Waals surface area contributed by atoms with Gasteiger partial charge in [0.2, 0.25) is 5.75 Å². The maximum absolute atomic E-state index is 11.5. The molecule has 0 saturated carbocycles. The smallest absolute Gasteiger partial charge is 0.336 e. The molecule has 1 heterocycles. The van der Waals surface area contributed by atoms with Gasteiger partial charge in [0.1, 0.15) is 6.61 Å². The maximum Gasteiger partial charge on any atom is 0.336 e. The van der Waals surface area contributed by atoms with Gasteiger partial charge in [0.25, 0.3) is 0 Å². The molecule has 26 heavy (non-hydrogen) atoms. The lowest BCUT2D eigenvalue weighted by molar-refractivity contribution is 0.140. The van der Waals surface area contributed by atoms with Gasteiger partial charge in [0.05, 0.1) is 13.2 Å².